The van der Waals surface area contributed by atoms with Crippen molar-refractivity contribution in [1.82, 2.24) is 20.2 Å². The van der Waals surface area contributed by atoms with E-state index in [1.54, 1.807) is 0 Å². The molecular formula is C26H27FN8O3. The lowest BCUT2D eigenvalue weighted by Gasteiger charge is -2.34. The highest BCUT2D eigenvalue weighted by atomic mass is 19.3. The Morgan fingerprint density at radius 2 is 1.97 bits per heavy atom. The molecule has 1 aliphatic carbocycles. The van der Waals surface area contributed by atoms with Gasteiger partial charge in [-0.3, -0.25) is 9.74 Å². The summed E-state index contributed by atoms with van der Waals surface area (Å²) in [6.45, 7) is 2.84. The van der Waals surface area contributed by atoms with Gasteiger partial charge in [0, 0.05) is 42.1 Å². The van der Waals surface area contributed by atoms with E-state index in [1.165, 1.54) is 6.20 Å². The standard InChI is InChI=1S/C26H27FN8O3/c27-38-24(37)19-12-26(19)7-10-34(11-8-26)18-5-3-17(4-6-18)30-22-21-20(14-29-33-23(21)36)31-25(32-22)35-9-1-2-16(13-28)15-35/h3-6,14,16,19H,1-2,7-12,15H2,(H,33,36)(H,30,31,32). The summed E-state index contributed by atoms with van der Waals surface area (Å²) in [4.78, 5) is 41.1. The van der Waals surface area contributed by atoms with Gasteiger partial charge in [-0.25, -0.2) is 14.9 Å². The Morgan fingerprint density at radius 1 is 1.18 bits per heavy atom. The van der Waals surface area contributed by atoms with Gasteiger partial charge in [0.2, 0.25) is 5.95 Å². The highest BCUT2D eigenvalue weighted by Gasteiger charge is 2.60. The number of carbonyl (C=O) groups is 1. The van der Waals surface area contributed by atoms with Crippen LogP contribution in [-0.2, 0) is 9.74 Å². The Kier molecular flexibility index (Phi) is 6.06. The van der Waals surface area contributed by atoms with Crippen LogP contribution >= 0.6 is 0 Å². The molecule has 6 rings (SSSR count). The second-order valence-corrected chi connectivity index (χ2v) is 10.4. The number of benzene rings is 1. The van der Waals surface area contributed by atoms with Crippen molar-refractivity contribution in [2.24, 2.45) is 17.3 Å². The molecule has 1 aromatic carbocycles. The van der Waals surface area contributed by atoms with E-state index in [-0.39, 0.29) is 22.8 Å². The summed E-state index contributed by atoms with van der Waals surface area (Å²) >= 11 is 0. The number of fused-ring (bicyclic) bond motifs is 1. The molecule has 0 amide bonds. The maximum atomic E-state index is 12.6. The molecule has 2 atom stereocenters. The zero-order valence-corrected chi connectivity index (χ0v) is 20.7. The Labute approximate surface area is 217 Å². The third-order valence-corrected chi connectivity index (χ3v) is 8.20. The molecule has 0 radical (unpaired) electrons. The maximum Gasteiger partial charge on any atom is 0.352 e. The van der Waals surface area contributed by atoms with Crippen molar-refractivity contribution in [3.63, 3.8) is 0 Å². The first kappa shape index (κ1) is 24.1. The number of H-pyrrole nitrogens is 1. The number of nitriles is 1. The van der Waals surface area contributed by atoms with Crippen LogP contribution in [-0.4, -0.2) is 52.3 Å². The molecule has 1 spiro atoms. The molecular weight excluding hydrogens is 491 g/mol. The van der Waals surface area contributed by atoms with E-state index in [0.717, 1.165) is 56.7 Å². The normalized spacial score (nSPS) is 22.2. The van der Waals surface area contributed by atoms with Crippen LogP contribution in [0.15, 0.2) is 35.3 Å². The van der Waals surface area contributed by atoms with Crippen LogP contribution in [0.3, 0.4) is 0 Å². The van der Waals surface area contributed by atoms with Crippen molar-refractivity contribution >= 4 is 40.0 Å². The van der Waals surface area contributed by atoms with Crippen molar-refractivity contribution in [1.29, 1.82) is 5.26 Å². The van der Waals surface area contributed by atoms with Gasteiger partial charge in [0.05, 0.1) is 24.1 Å². The fraction of sp³-hybridized carbons (Fsp3) is 0.462. The first-order valence-corrected chi connectivity index (χ1v) is 12.8. The lowest BCUT2D eigenvalue weighted by Crippen LogP contribution is -2.36. The van der Waals surface area contributed by atoms with Crippen LogP contribution in [0, 0.1) is 28.6 Å². The third kappa shape index (κ3) is 4.38. The average molecular weight is 519 g/mol. The van der Waals surface area contributed by atoms with Gasteiger partial charge < -0.3 is 15.1 Å². The van der Waals surface area contributed by atoms with Crippen molar-refractivity contribution < 1.29 is 14.3 Å². The summed E-state index contributed by atoms with van der Waals surface area (Å²) in [5.41, 5.74) is 1.72. The number of hydrogen-bond acceptors (Lipinski definition) is 10. The summed E-state index contributed by atoms with van der Waals surface area (Å²) in [6.07, 6.45) is 5.57. The van der Waals surface area contributed by atoms with Gasteiger partial charge in [0.1, 0.15) is 16.7 Å². The molecule has 1 saturated carbocycles. The fourth-order valence-electron chi connectivity index (χ4n) is 5.88. The topological polar surface area (TPSA) is 140 Å². The number of piperidine rings is 2. The molecule has 0 bridgehead atoms. The van der Waals surface area contributed by atoms with Gasteiger partial charge >= 0.3 is 5.97 Å². The Morgan fingerprint density at radius 3 is 2.71 bits per heavy atom. The number of carbonyl (C=O) groups excluding carboxylic acids is 1. The second-order valence-electron chi connectivity index (χ2n) is 10.4. The number of aromatic nitrogens is 4. The number of halogens is 1. The minimum Gasteiger partial charge on any atom is -0.371 e. The molecule has 2 aromatic heterocycles. The van der Waals surface area contributed by atoms with Crippen LogP contribution in [0.2, 0.25) is 0 Å². The van der Waals surface area contributed by atoms with Crippen LogP contribution in [0.4, 0.5) is 27.7 Å². The predicted molar refractivity (Wildman–Crippen MR) is 137 cm³/mol. The third-order valence-electron chi connectivity index (χ3n) is 8.20. The molecule has 38 heavy (non-hydrogen) atoms. The van der Waals surface area contributed by atoms with Crippen molar-refractivity contribution in [2.45, 2.75) is 32.1 Å². The van der Waals surface area contributed by atoms with Gasteiger partial charge in [-0.1, -0.05) is 0 Å². The van der Waals surface area contributed by atoms with E-state index in [9.17, 15) is 19.4 Å². The number of rotatable bonds is 5. The Hall–Kier alpha value is -4.27. The zero-order chi connectivity index (χ0) is 26.3. The van der Waals surface area contributed by atoms with Gasteiger partial charge in [-0.15, -0.1) is 0 Å². The molecule has 3 fully saturated rings. The van der Waals surface area contributed by atoms with E-state index in [1.807, 2.05) is 29.2 Å². The largest absolute Gasteiger partial charge is 0.371 e. The maximum absolute atomic E-state index is 12.6. The summed E-state index contributed by atoms with van der Waals surface area (Å²) in [5.74, 6) is -0.310. The Balaban J connectivity index is 1.20. The van der Waals surface area contributed by atoms with Crippen LogP contribution < -0.4 is 20.7 Å². The monoisotopic (exact) mass is 518 g/mol. The van der Waals surface area contributed by atoms with E-state index in [4.69, 9.17) is 0 Å². The molecule has 2 N–H and O–H groups in total. The molecule has 2 aliphatic heterocycles. The SMILES string of the molecule is N#CC1CCCN(c2nc(Nc3ccc(N4CCC5(CC4)CC5C(=O)OF)cc3)c3c(=O)[nH]ncc3n2)C1. The molecule has 4 heterocycles. The minimum absolute atomic E-state index is 0.0858. The van der Waals surface area contributed by atoms with Crippen molar-refractivity contribution in [3.8, 4) is 6.07 Å². The molecule has 3 aromatic rings. The van der Waals surface area contributed by atoms with Crippen molar-refractivity contribution in [2.75, 3.05) is 41.3 Å². The summed E-state index contributed by atoms with van der Waals surface area (Å²) in [5, 5.41) is 19.3. The molecule has 3 aliphatic rings. The number of hydrogen-bond donors (Lipinski definition) is 2. The lowest BCUT2D eigenvalue weighted by molar-refractivity contribution is -0.186. The van der Waals surface area contributed by atoms with Crippen LogP contribution in [0.25, 0.3) is 10.9 Å². The number of nitrogens with zero attached hydrogens (tertiary/aromatic N) is 6. The number of nitrogens with one attached hydrogen (secondary N) is 2. The molecule has 2 unspecified atom stereocenters. The number of anilines is 4. The molecule has 196 valence electrons. The van der Waals surface area contributed by atoms with Gasteiger partial charge in [0.15, 0.2) is 0 Å². The highest BCUT2D eigenvalue weighted by Crippen LogP contribution is 2.60. The van der Waals surface area contributed by atoms with Gasteiger partial charge in [-0.2, -0.15) is 15.3 Å². The van der Waals surface area contributed by atoms with Crippen LogP contribution in [0.1, 0.15) is 32.1 Å². The highest BCUT2D eigenvalue weighted by molar-refractivity contribution is 5.90. The summed E-state index contributed by atoms with van der Waals surface area (Å²) < 4.78 is 12.3. The van der Waals surface area contributed by atoms with E-state index >= 15 is 0 Å². The smallest absolute Gasteiger partial charge is 0.352 e. The fourth-order valence-corrected chi connectivity index (χ4v) is 5.88. The van der Waals surface area contributed by atoms with Crippen LogP contribution in [0.5, 0.6) is 0 Å². The lowest BCUT2D eigenvalue weighted by atomic mass is 9.90. The van der Waals surface area contributed by atoms with Gasteiger partial charge in [0.25, 0.3) is 5.56 Å². The quantitative estimate of drug-likeness (QED) is 0.517. The zero-order valence-electron chi connectivity index (χ0n) is 20.7. The van der Waals surface area contributed by atoms with Gasteiger partial charge in [-0.05, 0) is 61.8 Å². The average Bonchev–Trinajstić information content (AvgIpc) is 3.66. The predicted octanol–water partition coefficient (Wildman–Crippen LogP) is 3.23. The summed E-state index contributed by atoms with van der Waals surface area (Å²) in [7, 11) is 0. The molecule has 11 nitrogen and oxygen atoms in total. The summed E-state index contributed by atoms with van der Waals surface area (Å²) in [6, 6.07) is 10.2. The molecule has 12 heteroatoms. The minimum atomic E-state index is -0.742. The Bertz CT molecular complexity index is 1460. The molecule has 2 saturated heterocycles. The second kappa shape index (κ2) is 9.55. The van der Waals surface area contributed by atoms with E-state index in [2.05, 4.69) is 41.4 Å². The number of aromatic amines is 1. The first-order valence-electron chi connectivity index (χ1n) is 12.8. The first-order chi connectivity index (χ1) is 18.5. The van der Waals surface area contributed by atoms with E-state index < -0.39 is 5.97 Å². The van der Waals surface area contributed by atoms with E-state index in [0.29, 0.717) is 35.6 Å². The van der Waals surface area contributed by atoms with Crippen molar-refractivity contribution in [3.05, 3.63) is 40.8 Å².